The first-order valence-corrected chi connectivity index (χ1v) is 6.64. The molecule has 82 valence electrons. The Hall–Kier alpha value is -0.760. The maximum Gasteiger partial charge on any atom is 0.131 e. The molecule has 2 heterocycles. The molecule has 2 rings (SSSR count). The first kappa shape index (κ1) is 11.7. The molecule has 0 spiro atoms. The van der Waals surface area contributed by atoms with Crippen LogP contribution < -0.4 is 5.32 Å². The van der Waals surface area contributed by atoms with Crippen LogP contribution in [0.4, 0.5) is 5.69 Å². The summed E-state index contributed by atoms with van der Waals surface area (Å²) in [7, 11) is 0. The summed E-state index contributed by atoms with van der Waals surface area (Å²) in [6.07, 6.45) is 0. The van der Waals surface area contributed by atoms with Crippen molar-refractivity contribution in [3.8, 4) is 11.8 Å². The summed E-state index contributed by atoms with van der Waals surface area (Å²) in [5.41, 5.74) is 1.87. The van der Waals surface area contributed by atoms with E-state index in [0.29, 0.717) is 11.7 Å². The number of anilines is 1. The molecular weight excluding hydrogens is 308 g/mol. The van der Waals surface area contributed by atoms with Gasteiger partial charge in [-0.15, -0.1) is 17.3 Å². The molecule has 0 fully saturated rings. The van der Waals surface area contributed by atoms with E-state index in [2.05, 4.69) is 38.1 Å². The van der Waals surface area contributed by atoms with Gasteiger partial charge in [-0.1, -0.05) is 17.5 Å². The lowest BCUT2D eigenvalue weighted by Gasteiger charge is -2.04. The van der Waals surface area contributed by atoms with Crippen LogP contribution in [-0.2, 0) is 0 Å². The molecule has 0 atom stereocenters. The van der Waals surface area contributed by atoms with Crippen LogP contribution in [0, 0.1) is 11.8 Å². The van der Waals surface area contributed by atoms with Crippen molar-refractivity contribution in [3.63, 3.8) is 0 Å². The summed E-state index contributed by atoms with van der Waals surface area (Å²) in [6.45, 7) is 2.43. The molecule has 0 unspecified atom stereocenters. The van der Waals surface area contributed by atoms with Crippen LogP contribution in [0.2, 0.25) is 5.15 Å². The molecule has 0 aliphatic carbocycles. The van der Waals surface area contributed by atoms with Crippen LogP contribution in [0.3, 0.4) is 0 Å². The maximum atomic E-state index is 5.96. The fourth-order valence-corrected chi connectivity index (χ4v) is 3.06. The highest BCUT2D eigenvalue weighted by atomic mass is 79.9. The van der Waals surface area contributed by atoms with Crippen molar-refractivity contribution in [2.75, 3.05) is 11.9 Å². The van der Waals surface area contributed by atoms with Crippen LogP contribution >= 0.6 is 38.9 Å². The Morgan fingerprint density at radius 1 is 1.62 bits per heavy atom. The lowest BCUT2D eigenvalue weighted by molar-refractivity contribution is 1.36. The molecule has 0 saturated carbocycles. The van der Waals surface area contributed by atoms with Crippen LogP contribution in [0.5, 0.6) is 0 Å². The first-order chi connectivity index (χ1) is 7.72. The SMILES string of the molecule is CC#CCNc1cc(Cl)nc2c(Br)csc12. The van der Waals surface area contributed by atoms with E-state index >= 15 is 0 Å². The maximum absolute atomic E-state index is 5.96. The van der Waals surface area contributed by atoms with E-state index in [4.69, 9.17) is 11.6 Å². The number of thiophene rings is 1. The Bertz CT molecular complexity index is 583. The Morgan fingerprint density at radius 3 is 3.19 bits per heavy atom. The van der Waals surface area contributed by atoms with Crippen molar-refractivity contribution in [2.45, 2.75) is 6.92 Å². The Kier molecular flexibility index (Phi) is 3.70. The Labute approximate surface area is 111 Å². The third-order valence-electron chi connectivity index (χ3n) is 1.99. The second-order valence-electron chi connectivity index (χ2n) is 3.03. The minimum Gasteiger partial charge on any atom is -0.373 e. The van der Waals surface area contributed by atoms with Gasteiger partial charge in [0.1, 0.15) is 5.15 Å². The molecule has 0 radical (unpaired) electrons. The molecule has 2 aromatic heterocycles. The highest BCUT2D eigenvalue weighted by Crippen LogP contribution is 2.35. The summed E-state index contributed by atoms with van der Waals surface area (Å²) in [4.78, 5) is 4.28. The standard InChI is InChI=1S/C11H8BrClN2S/c1-2-3-4-14-8-5-9(13)15-10-7(12)6-16-11(8)10/h5-6H,4H2,1H3,(H,14,15). The summed E-state index contributed by atoms with van der Waals surface area (Å²) >= 11 is 11.0. The fraction of sp³-hybridized carbons (Fsp3) is 0.182. The van der Waals surface area contributed by atoms with Crippen molar-refractivity contribution in [1.82, 2.24) is 4.98 Å². The van der Waals surface area contributed by atoms with E-state index in [1.807, 2.05) is 18.4 Å². The van der Waals surface area contributed by atoms with Crippen molar-refractivity contribution < 1.29 is 0 Å². The van der Waals surface area contributed by atoms with Gasteiger partial charge in [0.05, 0.1) is 26.9 Å². The highest BCUT2D eigenvalue weighted by Gasteiger charge is 2.09. The van der Waals surface area contributed by atoms with E-state index in [0.717, 1.165) is 20.4 Å². The van der Waals surface area contributed by atoms with Gasteiger partial charge < -0.3 is 5.32 Å². The molecule has 5 heteroatoms. The molecule has 0 saturated heterocycles. The average Bonchev–Trinajstić information content (AvgIpc) is 2.61. The van der Waals surface area contributed by atoms with Gasteiger partial charge in [0.15, 0.2) is 0 Å². The molecule has 0 aromatic carbocycles. The quantitative estimate of drug-likeness (QED) is 0.665. The van der Waals surface area contributed by atoms with Crippen LogP contribution in [0.15, 0.2) is 15.9 Å². The number of hydrogen-bond acceptors (Lipinski definition) is 3. The van der Waals surface area contributed by atoms with Crippen molar-refractivity contribution in [2.24, 2.45) is 0 Å². The predicted octanol–water partition coefficient (Wildman–Crippen LogP) is 4.15. The lowest BCUT2D eigenvalue weighted by Crippen LogP contribution is -1.99. The zero-order valence-electron chi connectivity index (χ0n) is 8.47. The Balaban J connectivity index is 2.45. The molecule has 0 bridgehead atoms. The number of aromatic nitrogens is 1. The summed E-state index contributed by atoms with van der Waals surface area (Å²) in [6, 6.07) is 1.82. The first-order valence-electron chi connectivity index (χ1n) is 4.59. The van der Waals surface area contributed by atoms with Gasteiger partial charge in [0, 0.05) is 11.4 Å². The van der Waals surface area contributed by atoms with E-state index in [-0.39, 0.29) is 0 Å². The number of rotatable bonds is 2. The van der Waals surface area contributed by atoms with E-state index < -0.39 is 0 Å². The molecule has 1 N–H and O–H groups in total. The number of nitrogens with zero attached hydrogens (tertiary/aromatic N) is 1. The molecule has 2 nitrogen and oxygen atoms in total. The normalized spacial score (nSPS) is 9.94. The van der Waals surface area contributed by atoms with Crippen LogP contribution in [0.1, 0.15) is 6.92 Å². The third-order valence-corrected chi connectivity index (χ3v) is 4.10. The molecule has 0 aliphatic rings. The number of hydrogen-bond donors (Lipinski definition) is 1. The molecular formula is C11H8BrClN2S. The summed E-state index contributed by atoms with van der Waals surface area (Å²) in [5, 5.41) is 5.72. The third kappa shape index (κ3) is 2.32. The van der Waals surface area contributed by atoms with Gasteiger partial charge in [0.2, 0.25) is 0 Å². The van der Waals surface area contributed by atoms with Crippen molar-refractivity contribution >= 4 is 54.8 Å². The van der Waals surface area contributed by atoms with Gasteiger partial charge >= 0.3 is 0 Å². The topological polar surface area (TPSA) is 24.9 Å². The number of halogens is 2. The monoisotopic (exact) mass is 314 g/mol. The minimum absolute atomic E-state index is 0.485. The van der Waals surface area contributed by atoms with Crippen LogP contribution in [-0.4, -0.2) is 11.5 Å². The van der Waals surface area contributed by atoms with Crippen molar-refractivity contribution in [1.29, 1.82) is 0 Å². The smallest absolute Gasteiger partial charge is 0.131 e. The molecule has 2 aromatic rings. The molecule has 0 aliphatic heterocycles. The van der Waals surface area contributed by atoms with Crippen molar-refractivity contribution in [3.05, 3.63) is 21.1 Å². The number of pyridine rings is 1. The minimum atomic E-state index is 0.485. The number of nitrogens with one attached hydrogen (secondary N) is 1. The molecule has 0 amide bonds. The zero-order valence-corrected chi connectivity index (χ0v) is 11.6. The van der Waals surface area contributed by atoms with Gasteiger partial charge in [-0.2, -0.15) is 0 Å². The highest BCUT2D eigenvalue weighted by molar-refractivity contribution is 9.10. The van der Waals surface area contributed by atoms with Gasteiger partial charge in [-0.05, 0) is 22.9 Å². The summed E-state index contributed by atoms with van der Waals surface area (Å²) < 4.78 is 2.06. The summed E-state index contributed by atoms with van der Waals surface area (Å²) in [5.74, 6) is 5.79. The fourth-order valence-electron chi connectivity index (χ4n) is 1.31. The van der Waals surface area contributed by atoms with E-state index in [9.17, 15) is 0 Å². The van der Waals surface area contributed by atoms with Gasteiger partial charge in [-0.3, -0.25) is 0 Å². The second kappa shape index (κ2) is 5.05. The zero-order chi connectivity index (χ0) is 11.5. The largest absolute Gasteiger partial charge is 0.373 e. The predicted molar refractivity (Wildman–Crippen MR) is 74.3 cm³/mol. The van der Waals surface area contributed by atoms with Crippen LogP contribution in [0.25, 0.3) is 10.2 Å². The van der Waals surface area contributed by atoms with Gasteiger partial charge in [0.25, 0.3) is 0 Å². The lowest BCUT2D eigenvalue weighted by atomic mass is 10.3. The average molecular weight is 316 g/mol. The second-order valence-corrected chi connectivity index (χ2v) is 5.16. The van der Waals surface area contributed by atoms with Gasteiger partial charge in [-0.25, -0.2) is 4.98 Å². The van der Waals surface area contributed by atoms with E-state index in [1.165, 1.54) is 0 Å². The molecule has 16 heavy (non-hydrogen) atoms. The Morgan fingerprint density at radius 2 is 2.44 bits per heavy atom. The van der Waals surface area contributed by atoms with E-state index in [1.54, 1.807) is 11.3 Å². The number of fused-ring (bicyclic) bond motifs is 1.